The number of thioether (sulfide) groups is 1. The molecule has 5 nitrogen and oxygen atoms in total. The summed E-state index contributed by atoms with van der Waals surface area (Å²) in [5, 5.41) is 10.6. The number of aromatic nitrogens is 2. The van der Waals surface area contributed by atoms with E-state index in [0.29, 0.717) is 23.8 Å². The van der Waals surface area contributed by atoms with Crippen LogP contribution in [-0.4, -0.2) is 34.7 Å². The lowest BCUT2D eigenvalue weighted by Gasteiger charge is -2.10. The van der Waals surface area contributed by atoms with Crippen molar-refractivity contribution in [3.05, 3.63) is 23.9 Å². The molecule has 1 amide bonds. The quantitative estimate of drug-likeness (QED) is 0.729. The van der Waals surface area contributed by atoms with Crippen LogP contribution in [0.5, 0.6) is 0 Å². The summed E-state index contributed by atoms with van der Waals surface area (Å²) in [6.07, 6.45) is 2.06. The third-order valence-corrected chi connectivity index (χ3v) is 3.77. The Bertz CT molecular complexity index is 581. The first-order valence-corrected chi connectivity index (χ1v) is 7.52. The number of carbonyl (C=O) groups is 1. The Morgan fingerprint density at radius 1 is 1.58 bits per heavy atom. The van der Waals surface area contributed by atoms with Gasteiger partial charge in [-0.05, 0) is 36.1 Å². The number of carbonyl (C=O) groups excluding carboxylic acids is 1. The van der Waals surface area contributed by atoms with Crippen LogP contribution >= 0.6 is 11.8 Å². The molecule has 2 rings (SSSR count). The van der Waals surface area contributed by atoms with Gasteiger partial charge in [0.05, 0.1) is 5.52 Å². The first-order chi connectivity index (χ1) is 9.11. The highest BCUT2D eigenvalue weighted by Gasteiger charge is 2.14. The van der Waals surface area contributed by atoms with E-state index < -0.39 is 0 Å². The lowest BCUT2D eigenvalue weighted by Crippen LogP contribution is -2.29. The molecule has 0 fully saturated rings. The molecule has 0 radical (unpaired) electrons. The molecule has 0 aliphatic heterocycles. The molecule has 0 aliphatic rings. The molecule has 0 spiro atoms. The summed E-state index contributed by atoms with van der Waals surface area (Å²) in [5.41, 5.74) is 7.58. The van der Waals surface area contributed by atoms with Gasteiger partial charge in [-0.2, -0.15) is 16.9 Å². The van der Waals surface area contributed by atoms with Crippen LogP contribution in [0.15, 0.2) is 18.2 Å². The van der Waals surface area contributed by atoms with Crippen molar-refractivity contribution < 1.29 is 4.79 Å². The minimum Gasteiger partial charge on any atom is -0.399 e. The van der Waals surface area contributed by atoms with Crippen molar-refractivity contribution in [1.29, 1.82) is 0 Å². The summed E-state index contributed by atoms with van der Waals surface area (Å²) < 4.78 is 0. The molecule has 102 valence electrons. The predicted octanol–water partition coefficient (Wildman–Crippen LogP) is 1.87. The number of fused-ring (bicyclic) bond motifs is 1. The highest BCUT2D eigenvalue weighted by molar-refractivity contribution is 7.98. The van der Waals surface area contributed by atoms with E-state index in [0.717, 1.165) is 16.7 Å². The Balaban J connectivity index is 2.11. The summed E-state index contributed by atoms with van der Waals surface area (Å²) in [6.45, 7) is 2.76. The SMILES string of the molecule is CSCC(C)CNC(=O)c1n[nH]c2ccc(N)cc12. The molecule has 0 saturated carbocycles. The fraction of sp³-hybridized carbons (Fsp3) is 0.385. The molecule has 1 atom stereocenters. The highest BCUT2D eigenvalue weighted by atomic mass is 32.2. The van der Waals surface area contributed by atoms with Gasteiger partial charge in [0.1, 0.15) is 0 Å². The Morgan fingerprint density at radius 2 is 2.37 bits per heavy atom. The summed E-state index contributed by atoms with van der Waals surface area (Å²) in [4.78, 5) is 12.1. The molecule has 0 saturated heterocycles. The van der Waals surface area contributed by atoms with Crippen LogP contribution in [-0.2, 0) is 0 Å². The number of hydrogen-bond donors (Lipinski definition) is 3. The molecule has 19 heavy (non-hydrogen) atoms. The number of nitrogens with one attached hydrogen (secondary N) is 2. The average molecular weight is 278 g/mol. The summed E-state index contributed by atoms with van der Waals surface area (Å²) in [6, 6.07) is 5.37. The lowest BCUT2D eigenvalue weighted by molar-refractivity contribution is 0.0946. The maximum absolute atomic E-state index is 12.1. The molecular formula is C13H18N4OS. The topological polar surface area (TPSA) is 83.8 Å². The van der Waals surface area contributed by atoms with Gasteiger partial charge in [0.2, 0.25) is 0 Å². The molecule has 2 aromatic rings. The van der Waals surface area contributed by atoms with Gasteiger partial charge in [0.15, 0.2) is 5.69 Å². The first-order valence-electron chi connectivity index (χ1n) is 6.12. The number of anilines is 1. The second-order valence-corrected chi connectivity index (χ2v) is 5.56. The maximum atomic E-state index is 12.1. The fourth-order valence-corrected chi connectivity index (χ4v) is 2.59. The van der Waals surface area contributed by atoms with Crippen LogP contribution in [0, 0.1) is 5.92 Å². The molecule has 1 aromatic carbocycles. The van der Waals surface area contributed by atoms with Crippen molar-refractivity contribution in [2.75, 3.05) is 24.3 Å². The maximum Gasteiger partial charge on any atom is 0.272 e. The Kier molecular flexibility index (Phi) is 4.31. The van der Waals surface area contributed by atoms with E-state index in [9.17, 15) is 4.79 Å². The first kappa shape index (κ1) is 13.7. The number of H-pyrrole nitrogens is 1. The number of amides is 1. The minimum atomic E-state index is -0.162. The van der Waals surface area contributed by atoms with Gasteiger partial charge in [-0.25, -0.2) is 0 Å². The highest BCUT2D eigenvalue weighted by Crippen LogP contribution is 2.18. The summed E-state index contributed by atoms with van der Waals surface area (Å²) in [5.74, 6) is 1.30. The third-order valence-electron chi connectivity index (χ3n) is 2.86. The van der Waals surface area contributed by atoms with Gasteiger partial charge >= 0.3 is 0 Å². The number of hydrogen-bond acceptors (Lipinski definition) is 4. The van der Waals surface area contributed by atoms with Crippen molar-refractivity contribution in [2.45, 2.75) is 6.92 Å². The van der Waals surface area contributed by atoms with Gasteiger partial charge in [-0.3, -0.25) is 9.89 Å². The van der Waals surface area contributed by atoms with Crippen molar-refractivity contribution in [2.24, 2.45) is 5.92 Å². The second kappa shape index (κ2) is 5.97. The Morgan fingerprint density at radius 3 is 3.11 bits per heavy atom. The molecule has 1 unspecified atom stereocenters. The summed E-state index contributed by atoms with van der Waals surface area (Å²) in [7, 11) is 0. The number of nitrogens with two attached hydrogens (primary N) is 1. The van der Waals surface area contributed by atoms with E-state index in [1.54, 1.807) is 23.9 Å². The molecular weight excluding hydrogens is 260 g/mol. The Labute approximate surface area is 116 Å². The fourth-order valence-electron chi connectivity index (χ4n) is 1.90. The third kappa shape index (κ3) is 3.20. The largest absolute Gasteiger partial charge is 0.399 e. The van der Waals surface area contributed by atoms with Crippen molar-refractivity contribution in [3.8, 4) is 0 Å². The Hall–Kier alpha value is -1.69. The van der Waals surface area contributed by atoms with Gasteiger partial charge in [0, 0.05) is 17.6 Å². The molecule has 4 N–H and O–H groups in total. The van der Waals surface area contributed by atoms with Gasteiger partial charge in [0.25, 0.3) is 5.91 Å². The molecule has 1 heterocycles. The van der Waals surface area contributed by atoms with Crippen molar-refractivity contribution >= 4 is 34.3 Å². The molecule has 0 aliphatic carbocycles. The normalized spacial score (nSPS) is 12.5. The van der Waals surface area contributed by atoms with Crippen LogP contribution in [0.4, 0.5) is 5.69 Å². The number of nitrogens with zero attached hydrogens (tertiary/aromatic N) is 1. The zero-order valence-electron chi connectivity index (χ0n) is 11.1. The lowest BCUT2D eigenvalue weighted by atomic mass is 10.1. The van der Waals surface area contributed by atoms with Crippen LogP contribution in [0.3, 0.4) is 0 Å². The minimum absolute atomic E-state index is 0.162. The van der Waals surface area contributed by atoms with E-state index >= 15 is 0 Å². The summed E-state index contributed by atoms with van der Waals surface area (Å²) >= 11 is 1.77. The van der Waals surface area contributed by atoms with E-state index in [-0.39, 0.29) is 5.91 Å². The standard InChI is InChI=1S/C13H18N4OS/c1-8(7-19-2)6-15-13(18)12-10-5-9(14)3-4-11(10)16-17-12/h3-5,8H,6-7,14H2,1-2H3,(H,15,18)(H,16,17). The molecule has 6 heteroatoms. The predicted molar refractivity (Wildman–Crippen MR) is 80.4 cm³/mol. The molecule has 0 bridgehead atoms. The van der Waals surface area contributed by atoms with E-state index in [4.69, 9.17) is 5.73 Å². The number of rotatable bonds is 5. The van der Waals surface area contributed by atoms with Gasteiger partial charge in [-0.1, -0.05) is 6.92 Å². The van der Waals surface area contributed by atoms with Gasteiger partial charge in [-0.15, -0.1) is 0 Å². The van der Waals surface area contributed by atoms with Crippen molar-refractivity contribution in [1.82, 2.24) is 15.5 Å². The number of benzene rings is 1. The van der Waals surface area contributed by atoms with E-state index in [1.165, 1.54) is 0 Å². The van der Waals surface area contributed by atoms with Crippen molar-refractivity contribution in [3.63, 3.8) is 0 Å². The van der Waals surface area contributed by atoms with E-state index in [1.807, 2.05) is 6.07 Å². The number of nitrogen functional groups attached to an aromatic ring is 1. The number of aromatic amines is 1. The zero-order valence-corrected chi connectivity index (χ0v) is 11.9. The molecule has 1 aromatic heterocycles. The van der Waals surface area contributed by atoms with Crippen LogP contribution in [0.2, 0.25) is 0 Å². The van der Waals surface area contributed by atoms with Crippen LogP contribution in [0.1, 0.15) is 17.4 Å². The van der Waals surface area contributed by atoms with Gasteiger partial charge < -0.3 is 11.1 Å². The van der Waals surface area contributed by atoms with Crippen LogP contribution in [0.25, 0.3) is 10.9 Å². The van der Waals surface area contributed by atoms with E-state index in [2.05, 4.69) is 28.7 Å². The zero-order chi connectivity index (χ0) is 13.8. The average Bonchev–Trinajstić information content (AvgIpc) is 2.79. The van der Waals surface area contributed by atoms with Crippen LogP contribution < -0.4 is 11.1 Å². The second-order valence-electron chi connectivity index (χ2n) is 4.65. The monoisotopic (exact) mass is 278 g/mol. The smallest absolute Gasteiger partial charge is 0.272 e.